The fraction of sp³-hybridized carbons (Fsp3) is 0.214. The molecule has 114 valence electrons. The molecule has 0 saturated heterocycles. The molecule has 0 bridgehead atoms. The number of H-pyrrole nitrogens is 1. The molecule has 8 heteroatoms. The lowest BCUT2D eigenvalue weighted by Gasteiger charge is -2.09. The molecule has 1 N–H and O–H groups in total. The summed E-state index contributed by atoms with van der Waals surface area (Å²) in [5.74, 6) is 0. The van der Waals surface area contributed by atoms with Gasteiger partial charge in [0.2, 0.25) is 0 Å². The Morgan fingerprint density at radius 2 is 2.09 bits per heavy atom. The van der Waals surface area contributed by atoms with E-state index in [0.717, 1.165) is 25.0 Å². The van der Waals surface area contributed by atoms with E-state index in [0.29, 0.717) is 21.6 Å². The molecule has 0 radical (unpaired) electrons. The summed E-state index contributed by atoms with van der Waals surface area (Å²) in [7, 11) is 1.66. The van der Waals surface area contributed by atoms with Crippen LogP contribution in [0.15, 0.2) is 29.4 Å². The monoisotopic (exact) mass is 355 g/mol. The van der Waals surface area contributed by atoms with E-state index < -0.39 is 9.05 Å². The zero-order chi connectivity index (χ0) is 15.5. The van der Waals surface area contributed by atoms with Crippen LogP contribution in [0.1, 0.15) is 17.7 Å². The Hall–Kier alpha value is -1.50. The van der Waals surface area contributed by atoms with E-state index in [4.69, 9.17) is 22.3 Å². The first-order chi connectivity index (χ1) is 10.5. The van der Waals surface area contributed by atoms with Crippen molar-refractivity contribution in [3.8, 4) is 5.69 Å². The van der Waals surface area contributed by atoms with Gasteiger partial charge in [-0.1, -0.05) is 11.6 Å². The van der Waals surface area contributed by atoms with Gasteiger partial charge in [0.15, 0.2) is 0 Å². The third kappa shape index (κ3) is 1.98. The van der Waals surface area contributed by atoms with Gasteiger partial charge in [-0.05, 0) is 37.0 Å². The molecule has 5 nitrogen and oxygen atoms in total. The molecule has 0 unspecified atom stereocenters. The average Bonchev–Trinajstić information content (AvgIpc) is 3.11. The maximum atomic E-state index is 11.7. The topological polar surface area (TPSA) is 67.8 Å². The predicted molar refractivity (Wildman–Crippen MR) is 85.5 cm³/mol. The fourth-order valence-electron chi connectivity index (χ4n) is 3.06. The molecule has 0 fully saturated rings. The Balaban J connectivity index is 2.05. The second-order valence-corrected chi connectivity index (χ2v) is 8.23. The first-order valence-electron chi connectivity index (χ1n) is 6.77. The summed E-state index contributed by atoms with van der Waals surface area (Å²) >= 11 is 6.36. The highest BCUT2D eigenvalue weighted by Gasteiger charge is 2.23. The molecule has 22 heavy (non-hydrogen) atoms. The summed E-state index contributed by atoms with van der Waals surface area (Å²) in [4.78, 5) is 3.02. The molecular formula is C14H11Cl2N3O2S. The lowest BCUT2D eigenvalue weighted by atomic mass is 10.2. The Kier molecular flexibility index (Phi) is 3.04. The minimum absolute atomic E-state index is 0.0471. The van der Waals surface area contributed by atoms with E-state index in [1.54, 1.807) is 16.8 Å². The number of nitrogens with zero attached hydrogens (tertiary/aromatic N) is 2. The van der Waals surface area contributed by atoms with E-state index >= 15 is 0 Å². The van der Waals surface area contributed by atoms with Crippen molar-refractivity contribution in [2.24, 2.45) is 0 Å². The molecule has 1 aliphatic carbocycles. The largest absolute Gasteiger partial charge is 0.358 e. The van der Waals surface area contributed by atoms with Gasteiger partial charge in [-0.15, -0.1) is 0 Å². The second kappa shape index (κ2) is 4.75. The summed E-state index contributed by atoms with van der Waals surface area (Å²) in [6, 6.07) is 3.32. The maximum Gasteiger partial charge on any atom is 0.263 e. The third-order valence-electron chi connectivity index (χ3n) is 4.03. The van der Waals surface area contributed by atoms with Gasteiger partial charge in [0.1, 0.15) is 10.6 Å². The first-order valence-corrected chi connectivity index (χ1v) is 9.46. The normalized spacial score (nSPS) is 14.6. The Bertz CT molecular complexity index is 1000. The van der Waals surface area contributed by atoms with Crippen molar-refractivity contribution in [3.05, 3.63) is 40.8 Å². The van der Waals surface area contributed by atoms with Crippen LogP contribution in [0.5, 0.6) is 0 Å². The van der Waals surface area contributed by atoms with Gasteiger partial charge < -0.3 is 4.98 Å². The number of hydrogen-bond acceptors (Lipinski definition) is 3. The third-order valence-corrected chi connectivity index (χ3v) is 5.70. The quantitative estimate of drug-likeness (QED) is 0.716. The minimum Gasteiger partial charge on any atom is -0.358 e. The highest BCUT2D eigenvalue weighted by atomic mass is 35.7. The van der Waals surface area contributed by atoms with Crippen molar-refractivity contribution in [1.82, 2.24) is 14.8 Å². The smallest absolute Gasteiger partial charge is 0.263 e. The molecule has 2 aromatic heterocycles. The zero-order valence-corrected chi connectivity index (χ0v) is 13.6. The predicted octanol–water partition coefficient (Wildman–Crippen LogP) is 3.42. The van der Waals surface area contributed by atoms with Crippen LogP contribution in [0.4, 0.5) is 0 Å². The van der Waals surface area contributed by atoms with Crippen molar-refractivity contribution in [2.45, 2.75) is 24.2 Å². The molecule has 4 rings (SSSR count). The summed E-state index contributed by atoms with van der Waals surface area (Å²) in [6.45, 7) is 0. The number of aryl methyl sites for hydroxylation is 1. The van der Waals surface area contributed by atoms with E-state index in [-0.39, 0.29) is 4.90 Å². The molecule has 0 spiro atoms. The van der Waals surface area contributed by atoms with Crippen molar-refractivity contribution in [1.29, 1.82) is 0 Å². The van der Waals surface area contributed by atoms with E-state index in [1.165, 1.54) is 11.8 Å². The molecule has 0 saturated carbocycles. The van der Waals surface area contributed by atoms with Crippen molar-refractivity contribution in [2.75, 3.05) is 0 Å². The standard InChI is InChI=1S/C14H11Cl2N3O2S/c15-10-5-4-9-12(22(16,20)21)7-17-13(9)14(10)19-11-3-1-2-8(11)6-18-19/h4-7,17H,1-3H2. The lowest BCUT2D eigenvalue weighted by molar-refractivity contribution is 0.610. The zero-order valence-electron chi connectivity index (χ0n) is 11.3. The van der Waals surface area contributed by atoms with Gasteiger partial charge >= 0.3 is 0 Å². The van der Waals surface area contributed by atoms with Crippen LogP contribution >= 0.6 is 22.3 Å². The van der Waals surface area contributed by atoms with Crippen LogP contribution in [0, 0.1) is 0 Å². The summed E-state index contributed by atoms with van der Waals surface area (Å²) in [5, 5.41) is 5.44. The summed E-state index contributed by atoms with van der Waals surface area (Å²) < 4.78 is 25.1. The van der Waals surface area contributed by atoms with Gasteiger partial charge in [0, 0.05) is 28.0 Å². The van der Waals surface area contributed by atoms with Gasteiger partial charge in [-0.2, -0.15) is 5.10 Å². The van der Waals surface area contributed by atoms with Crippen molar-refractivity contribution >= 4 is 42.2 Å². The van der Waals surface area contributed by atoms with E-state index in [2.05, 4.69) is 10.1 Å². The van der Waals surface area contributed by atoms with Gasteiger partial charge in [0.25, 0.3) is 9.05 Å². The first kappa shape index (κ1) is 14.1. The van der Waals surface area contributed by atoms with Crippen LogP contribution in [-0.4, -0.2) is 23.2 Å². The molecular weight excluding hydrogens is 345 g/mol. The van der Waals surface area contributed by atoms with E-state index in [1.807, 2.05) is 6.20 Å². The van der Waals surface area contributed by atoms with Crippen LogP contribution in [0.25, 0.3) is 16.6 Å². The SMILES string of the molecule is O=S(=O)(Cl)c1c[nH]c2c(-n3ncc4c3CCC4)c(Cl)ccc12. The van der Waals surface area contributed by atoms with Crippen LogP contribution < -0.4 is 0 Å². The van der Waals surface area contributed by atoms with Crippen molar-refractivity contribution in [3.63, 3.8) is 0 Å². The Morgan fingerprint density at radius 3 is 2.86 bits per heavy atom. The molecule has 2 heterocycles. The molecule has 1 aromatic carbocycles. The highest BCUT2D eigenvalue weighted by molar-refractivity contribution is 8.14. The molecule has 0 atom stereocenters. The number of benzene rings is 1. The summed E-state index contributed by atoms with van der Waals surface area (Å²) in [5.41, 5.74) is 3.61. The van der Waals surface area contributed by atoms with Gasteiger partial charge in [-0.3, -0.25) is 0 Å². The number of aromatic nitrogens is 3. The average molecular weight is 356 g/mol. The van der Waals surface area contributed by atoms with Gasteiger partial charge in [-0.25, -0.2) is 13.1 Å². The number of halogens is 2. The summed E-state index contributed by atoms with van der Waals surface area (Å²) in [6.07, 6.45) is 6.27. The van der Waals surface area contributed by atoms with Crippen LogP contribution in [0.3, 0.4) is 0 Å². The van der Waals surface area contributed by atoms with Crippen molar-refractivity contribution < 1.29 is 8.42 Å². The van der Waals surface area contributed by atoms with Gasteiger partial charge in [0.05, 0.1) is 16.7 Å². The molecule has 0 amide bonds. The number of nitrogens with one attached hydrogen (secondary N) is 1. The fourth-order valence-corrected chi connectivity index (χ4v) is 4.32. The molecule has 3 aromatic rings. The number of fused-ring (bicyclic) bond motifs is 2. The number of aromatic amines is 1. The minimum atomic E-state index is -3.83. The van der Waals surface area contributed by atoms with Crippen LogP contribution in [0.2, 0.25) is 5.02 Å². The molecule has 0 aliphatic heterocycles. The number of hydrogen-bond donors (Lipinski definition) is 1. The second-order valence-electron chi connectivity index (χ2n) is 5.29. The Labute approximate surface area is 136 Å². The number of rotatable bonds is 2. The maximum absolute atomic E-state index is 11.7. The van der Waals surface area contributed by atoms with Crippen LogP contribution in [-0.2, 0) is 21.9 Å². The van der Waals surface area contributed by atoms with E-state index in [9.17, 15) is 8.42 Å². The molecule has 1 aliphatic rings. The highest BCUT2D eigenvalue weighted by Crippen LogP contribution is 2.35. The Morgan fingerprint density at radius 1 is 1.27 bits per heavy atom. The lowest BCUT2D eigenvalue weighted by Crippen LogP contribution is -2.03.